The van der Waals surface area contributed by atoms with Gasteiger partial charge in [-0.1, -0.05) is 52.0 Å². The standard InChI is InChI=1S/C14H20O2/c1-10(8-13(15)16)11-6-5-7-12(9-11)14(2,3)4/h5-7,9-10H,8H2,1-4H3,(H,15,16). The average molecular weight is 220 g/mol. The van der Waals surface area contributed by atoms with Gasteiger partial charge in [0.15, 0.2) is 0 Å². The fourth-order valence-electron chi connectivity index (χ4n) is 1.69. The molecule has 2 heteroatoms. The summed E-state index contributed by atoms with van der Waals surface area (Å²) in [6, 6.07) is 8.22. The average Bonchev–Trinajstić information content (AvgIpc) is 2.15. The molecule has 0 aliphatic carbocycles. The van der Waals surface area contributed by atoms with Crippen molar-refractivity contribution in [3.8, 4) is 0 Å². The van der Waals surface area contributed by atoms with Gasteiger partial charge in [-0.25, -0.2) is 0 Å². The molecule has 1 unspecified atom stereocenters. The topological polar surface area (TPSA) is 37.3 Å². The van der Waals surface area contributed by atoms with Gasteiger partial charge in [-0.2, -0.15) is 0 Å². The number of hydrogen-bond acceptors (Lipinski definition) is 1. The molecule has 1 aromatic rings. The van der Waals surface area contributed by atoms with Crippen LogP contribution in [0.3, 0.4) is 0 Å². The van der Waals surface area contributed by atoms with E-state index in [0.29, 0.717) is 0 Å². The van der Waals surface area contributed by atoms with Crippen molar-refractivity contribution >= 4 is 5.97 Å². The summed E-state index contributed by atoms with van der Waals surface area (Å²) in [4.78, 5) is 10.7. The number of carboxylic acid groups (broad SMARTS) is 1. The van der Waals surface area contributed by atoms with Crippen LogP contribution in [0.5, 0.6) is 0 Å². The molecule has 0 fully saturated rings. The van der Waals surface area contributed by atoms with Crippen LogP contribution in [-0.2, 0) is 10.2 Å². The summed E-state index contributed by atoms with van der Waals surface area (Å²) in [7, 11) is 0. The van der Waals surface area contributed by atoms with Crippen LogP contribution in [-0.4, -0.2) is 11.1 Å². The van der Waals surface area contributed by atoms with Crippen LogP contribution >= 0.6 is 0 Å². The number of aliphatic carboxylic acids is 1. The summed E-state index contributed by atoms with van der Waals surface area (Å²) >= 11 is 0. The molecule has 0 spiro atoms. The van der Waals surface area contributed by atoms with Crippen LogP contribution in [0.2, 0.25) is 0 Å². The molecule has 0 saturated carbocycles. The molecule has 1 N–H and O–H groups in total. The van der Waals surface area contributed by atoms with E-state index in [0.717, 1.165) is 5.56 Å². The molecule has 0 aliphatic rings. The van der Waals surface area contributed by atoms with E-state index in [1.807, 2.05) is 19.1 Å². The van der Waals surface area contributed by atoms with E-state index in [2.05, 4.69) is 32.9 Å². The minimum Gasteiger partial charge on any atom is -0.481 e. The highest BCUT2D eigenvalue weighted by Crippen LogP contribution is 2.26. The molecule has 0 aromatic heterocycles. The molecule has 0 amide bonds. The molecule has 2 nitrogen and oxygen atoms in total. The lowest BCUT2D eigenvalue weighted by molar-refractivity contribution is -0.137. The Hall–Kier alpha value is -1.31. The SMILES string of the molecule is CC(CC(=O)O)c1cccc(C(C)(C)C)c1. The first-order valence-corrected chi connectivity index (χ1v) is 5.63. The smallest absolute Gasteiger partial charge is 0.303 e. The second-order valence-corrected chi connectivity index (χ2v) is 5.37. The molecule has 1 aromatic carbocycles. The first-order chi connectivity index (χ1) is 7.30. The Labute approximate surface area is 97.3 Å². The van der Waals surface area contributed by atoms with Gasteiger partial charge in [-0.15, -0.1) is 0 Å². The zero-order valence-electron chi connectivity index (χ0n) is 10.4. The van der Waals surface area contributed by atoms with Crippen molar-refractivity contribution in [2.75, 3.05) is 0 Å². The second kappa shape index (κ2) is 4.69. The molecule has 1 atom stereocenters. The number of rotatable bonds is 3. The number of carboxylic acids is 1. The van der Waals surface area contributed by atoms with Crippen LogP contribution in [0.15, 0.2) is 24.3 Å². The van der Waals surface area contributed by atoms with Gasteiger partial charge in [0.1, 0.15) is 0 Å². The van der Waals surface area contributed by atoms with Crippen LogP contribution in [0.4, 0.5) is 0 Å². The van der Waals surface area contributed by atoms with Gasteiger partial charge in [-0.05, 0) is 22.5 Å². The molecule has 0 saturated heterocycles. The summed E-state index contributed by atoms with van der Waals surface area (Å²) in [6.07, 6.45) is 0.188. The summed E-state index contributed by atoms with van der Waals surface area (Å²) in [6.45, 7) is 8.44. The lowest BCUT2D eigenvalue weighted by Gasteiger charge is -2.21. The van der Waals surface area contributed by atoms with Crippen molar-refractivity contribution in [3.63, 3.8) is 0 Å². The second-order valence-electron chi connectivity index (χ2n) is 5.37. The third-order valence-corrected chi connectivity index (χ3v) is 2.80. The maximum absolute atomic E-state index is 10.7. The normalized spacial score (nSPS) is 13.5. The highest BCUT2D eigenvalue weighted by atomic mass is 16.4. The third kappa shape index (κ3) is 3.37. The summed E-state index contributed by atoms with van der Waals surface area (Å²) in [5, 5.41) is 8.77. The first kappa shape index (κ1) is 12.8. The molecular formula is C14H20O2. The van der Waals surface area contributed by atoms with Gasteiger partial charge >= 0.3 is 5.97 Å². The third-order valence-electron chi connectivity index (χ3n) is 2.80. The quantitative estimate of drug-likeness (QED) is 0.845. The van der Waals surface area contributed by atoms with Crippen LogP contribution < -0.4 is 0 Å². The Bertz CT molecular complexity index is 375. The van der Waals surface area contributed by atoms with Crippen molar-refractivity contribution in [1.82, 2.24) is 0 Å². The van der Waals surface area contributed by atoms with E-state index in [1.54, 1.807) is 0 Å². The van der Waals surface area contributed by atoms with Crippen molar-refractivity contribution in [3.05, 3.63) is 35.4 Å². The minimum atomic E-state index is -0.742. The lowest BCUT2D eigenvalue weighted by atomic mass is 9.84. The van der Waals surface area contributed by atoms with Gasteiger partial charge in [0.25, 0.3) is 0 Å². The van der Waals surface area contributed by atoms with Crippen molar-refractivity contribution in [1.29, 1.82) is 0 Å². The zero-order valence-corrected chi connectivity index (χ0v) is 10.4. The molecule has 16 heavy (non-hydrogen) atoms. The maximum Gasteiger partial charge on any atom is 0.303 e. The Morgan fingerprint density at radius 2 is 2.00 bits per heavy atom. The molecule has 0 bridgehead atoms. The summed E-state index contributed by atoms with van der Waals surface area (Å²) < 4.78 is 0. The largest absolute Gasteiger partial charge is 0.481 e. The summed E-state index contributed by atoms with van der Waals surface area (Å²) in [5.74, 6) is -0.673. The summed E-state index contributed by atoms with van der Waals surface area (Å²) in [5.41, 5.74) is 2.47. The zero-order chi connectivity index (χ0) is 12.3. The Kier molecular flexibility index (Phi) is 3.74. The molecule has 88 valence electrons. The molecule has 0 radical (unpaired) electrons. The Balaban J connectivity index is 2.94. The van der Waals surface area contributed by atoms with Crippen molar-refractivity contribution in [2.45, 2.75) is 45.4 Å². The Morgan fingerprint density at radius 1 is 1.38 bits per heavy atom. The van der Waals surface area contributed by atoms with E-state index in [9.17, 15) is 4.79 Å². The van der Waals surface area contributed by atoms with E-state index in [1.165, 1.54) is 5.56 Å². The van der Waals surface area contributed by atoms with E-state index < -0.39 is 5.97 Å². The molecule has 0 heterocycles. The van der Waals surface area contributed by atoms with Gasteiger partial charge in [0.05, 0.1) is 6.42 Å². The van der Waals surface area contributed by atoms with Gasteiger partial charge in [0, 0.05) is 0 Å². The van der Waals surface area contributed by atoms with Gasteiger partial charge in [0.2, 0.25) is 0 Å². The lowest BCUT2D eigenvalue weighted by Crippen LogP contribution is -2.12. The van der Waals surface area contributed by atoms with Gasteiger partial charge < -0.3 is 5.11 Å². The monoisotopic (exact) mass is 220 g/mol. The van der Waals surface area contributed by atoms with Crippen LogP contribution in [0.1, 0.15) is 51.2 Å². The van der Waals surface area contributed by atoms with E-state index >= 15 is 0 Å². The Morgan fingerprint density at radius 3 is 2.50 bits per heavy atom. The highest BCUT2D eigenvalue weighted by molar-refractivity contribution is 5.68. The van der Waals surface area contributed by atoms with E-state index in [4.69, 9.17) is 5.11 Å². The first-order valence-electron chi connectivity index (χ1n) is 5.63. The molecule has 1 rings (SSSR count). The maximum atomic E-state index is 10.7. The predicted molar refractivity (Wildman–Crippen MR) is 65.8 cm³/mol. The number of benzene rings is 1. The van der Waals surface area contributed by atoms with Crippen LogP contribution in [0.25, 0.3) is 0 Å². The minimum absolute atomic E-state index is 0.0693. The van der Waals surface area contributed by atoms with Crippen molar-refractivity contribution in [2.24, 2.45) is 0 Å². The number of carbonyl (C=O) groups is 1. The van der Waals surface area contributed by atoms with Crippen molar-refractivity contribution < 1.29 is 9.90 Å². The van der Waals surface area contributed by atoms with E-state index in [-0.39, 0.29) is 17.8 Å². The van der Waals surface area contributed by atoms with Crippen LogP contribution in [0, 0.1) is 0 Å². The molecular weight excluding hydrogens is 200 g/mol. The highest BCUT2D eigenvalue weighted by Gasteiger charge is 2.16. The molecule has 0 aliphatic heterocycles. The fourth-order valence-corrected chi connectivity index (χ4v) is 1.69. The van der Waals surface area contributed by atoms with Gasteiger partial charge in [-0.3, -0.25) is 4.79 Å². The predicted octanol–water partition coefficient (Wildman–Crippen LogP) is 3.56. The fraction of sp³-hybridized carbons (Fsp3) is 0.500. The number of hydrogen-bond donors (Lipinski definition) is 1.